The summed E-state index contributed by atoms with van der Waals surface area (Å²) in [6.07, 6.45) is 0. The van der Waals surface area contributed by atoms with Gasteiger partial charge in [0.1, 0.15) is 0 Å². The summed E-state index contributed by atoms with van der Waals surface area (Å²) < 4.78 is 2.10. The van der Waals surface area contributed by atoms with Crippen molar-refractivity contribution in [2.75, 3.05) is 16.0 Å². The monoisotopic (exact) mass is 492 g/mol. The fourth-order valence-electron chi connectivity index (χ4n) is 4.29. The number of para-hydroxylation sites is 4. The van der Waals surface area contributed by atoms with E-state index in [9.17, 15) is 4.79 Å². The summed E-state index contributed by atoms with van der Waals surface area (Å²) in [6.45, 7) is 4.34. The summed E-state index contributed by atoms with van der Waals surface area (Å²) in [5.74, 6) is 0.197. The molecule has 0 unspecified atom stereocenters. The standard InChI is InChI=1S/C30H28N4OS/c1-22(2)33(24-11-5-3-6-12-24)26-19-17-23(18-20-26)31-29(35)21-36-30-32-27-15-9-10-16-28(27)34(30)25-13-7-4-8-14-25/h3-20,22H,21H2,1-2H3,(H,31,35). The number of aromatic nitrogens is 2. The average molecular weight is 493 g/mol. The first-order valence-electron chi connectivity index (χ1n) is 12.0. The number of fused-ring (bicyclic) bond motifs is 1. The molecule has 5 rings (SSSR count). The van der Waals surface area contributed by atoms with Gasteiger partial charge in [0.2, 0.25) is 5.91 Å². The van der Waals surface area contributed by atoms with Crippen LogP contribution in [0.5, 0.6) is 0 Å². The predicted octanol–water partition coefficient (Wildman–Crippen LogP) is 7.30. The highest BCUT2D eigenvalue weighted by Crippen LogP contribution is 2.30. The summed E-state index contributed by atoms with van der Waals surface area (Å²) in [5, 5.41) is 3.82. The van der Waals surface area contributed by atoms with Crippen molar-refractivity contribution in [3.63, 3.8) is 0 Å². The van der Waals surface area contributed by atoms with E-state index in [-0.39, 0.29) is 11.7 Å². The van der Waals surface area contributed by atoms with Crippen molar-refractivity contribution in [1.82, 2.24) is 9.55 Å². The van der Waals surface area contributed by atoms with Crippen molar-refractivity contribution in [3.8, 4) is 5.69 Å². The zero-order chi connectivity index (χ0) is 24.9. The number of hydrogen-bond donors (Lipinski definition) is 1. The van der Waals surface area contributed by atoms with E-state index in [0.29, 0.717) is 6.04 Å². The molecule has 0 spiro atoms. The lowest BCUT2D eigenvalue weighted by Gasteiger charge is -2.29. The maximum absolute atomic E-state index is 12.8. The fraction of sp³-hybridized carbons (Fsp3) is 0.133. The molecule has 0 saturated heterocycles. The Labute approximate surface area is 215 Å². The van der Waals surface area contributed by atoms with Crippen molar-refractivity contribution >= 4 is 45.8 Å². The third-order valence-electron chi connectivity index (χ3n) is 5.86. The zero-order valence-electron chi connectivity index (χ0n) is 20.3. The average Bonchev–Trinajstić information content (AvgIpc) is 3.28. The topological polar surface area (TPSA) is 50.2 Å². The Morgan fingerprint density at radius 1 is 0.833 bits per heavy atom. The van der Waals surface area contributed by atoms with Crippen LogP contribution in [0.3, 0.4) is 0 Å². The highest BCUT2D eigenvalue weighted by Gasteiger charge is 2.15. The van der Waals surface area contributed by atoms with Crippen molar-refractivity contribution in [2.24, 2.45) is 0 Å². The molecule has 4 aromatic carbocycles. The number of nitrogens with one attached hydrogen (secondary N) is 1. The molecule has 0 saturated carbocycles. The second-order valence-electron chi connectivity index (χ2n) is 8.74. The van der Waals surface area contributed by atoms with Crippen molar-refractivity contribution in [1.29, 1.82) is 0 Å². The molecule has 0 aliphatic rings. The normalized spacial score (nSPS) is 11.1. The van der Waals surface area contributed by atoms with E-state index in [1.165, 1.54) is 11.8 Å². The van der Waals surface area contributed by atoms with Crippen LogP contribution < -0.4 is 10.2 Å². The van der Waals surface area contributed by atoms with Gasteiger partial charge in [0.05, 0.1) is 16.8 Å². The van der Waals surface area contributed by atoms with Crippen LogP contribution in [-0.4, -0.2) is 27.3 Å². The van der Waals surface area contributed by atoms with Crippen LogP contribution in [0.15, 0.2) is 114 Å². The number of nitrogens with zero attached hydrogens (tertiary/aromatic N) is 3. The van der Waals surface area contributed by atoms with Crippen LogP contribution in [0.2, 0.25) is 0 Å². The lowest BCUT2D eigenvalue weighted by molar-refractivity contribution is -0.113. The second-order valence-corrected chi connectivity index (χ2v) is 9.68. The van der Waals surface area contributed by atoms with E-state index in [1.807, 2.05) is 78.9 Å². The molecule has 0 atom stereocenters. The highest BCUT2D eigenvalue weighted by atomic mass is 32.2. The molecule has 0 aliphatic carbocycles. The number of anilines is 3. The number of carbonyl (C=O) groups excluding carboxylic acids is 1. The van der Waals surface area contributed by atoms with Crippen LogP contribution in [0.1, 0.15) is 13.8 Å². The molecule has 5 aromatic rings. The number of thioether (sulfide) groups is 1. The summed E-state index contributed by atoms with van der Waals surface area (Å²) in [4.78, 5) is 19.9. The van der Waals surface area contributed by atoms with E-state index >= 15 is 0 Å². The fourth-order valence-corrected chi connectivity index (χ4v) is 5.12. The van der Waals surface area contributed by atoms with Gasteiger partial charge in [-0.1, -0.05) is 60.3 Å². The van der Waals surface area contributed by atoms with E-state index < -0.39 is 0 Å². The molecule has 6 heteroatoms. The van der Waals surface area contributed by atoms with E-state index in [1.54, 1.807) is 0 Å². The van der Waals surface area contributed by atoms with Gasteiger partial charge in [0.15, 0.2) is 5.16 Å². The SMILES string of the molecule is CC(C)N(c1ccccc1)c1ccc(NC(=O)CSc2nc3ccccc3n2-c2ccccc2)cc1. The molecule has 0 bridgehead atoms. The number of hydrogen-bond acceptors (Lipinski definition) is 4. The Morgan fingerprint density at radius 3 is 2.14 bits per heavy atom. The largest absolute Gasteiger partial charge is 0.339 e. The third-order valence-corrected chi connectivity index (χ3v) is 6.80. The summed E-state index contributed by atoms with van der Waals surface area (Å²) in [6, 6.07) is 36.8. The summed E-state index contributed by atoms with van der Waals surface area (Å²) in [7, 11) is 0. The Morgan fingerprint density at radius 2 is 1.44 bits per heavy atom. The number of carbonyl (C=O) groups is 1. The second kappa shape index (κ2) is 10.7. The van der Waals surface area contributed by atoms with E-state index in [2.05, 4.69) is 59.0 Å². The van der Waals surface area contributed by atoms with Gasteiger partial charge in [0, 0.05) is 28.8 Å². The summed E-state index contributed by atoms with van der Waals surface area (Å²) in [5.41, 5.74) is 5.96. The molecule has 1 amide bonds. The molecule has 180 valence electrons. The first-order valence-corrected chi connectivity index (χ1v) is 13.0. The molecule has 5 nitrogen and oxygen atoms in total. The Kier molecular flexibility index (Phi) is 7.05. The van der Waals surface area contributed by atoms with E-state index in [4.69, 9.17) is 4.98 Å². The van der Waals surface area contributed by atoms with Gasteiger partial charge in [-0.25, -0.2) is 4.98 Å². The Hall–Kier alpha value is -4.03. The molecule has 0 radical (unpaired) electrons. The van der Waals surface area contributed by atoms with E-state index in [0.717, 1.165) is 38.9 Å². The number of amides is 1. The van der Waals surface area contributed by atoms with Gasteiger partial charge in [-0.2, -0.15) is 0 Å². The highest BCUT2D eigenvalue weighted by molar-refractivity contribution is 7.99. The minimum Gasteiger partial charge on any atom is -0.339 e. The smallest absolute Gasteiger partial charge is 0.234 e. The number of benzene rings is 4. The quantitative estimate of drug-likeness (QED) is 0.231. The number of imidazole rings is 1. The maximum Gasteiger partial charge on any atom is 0.234 e. The molecule has 0 fully saturated rings. The van der Waals surface area contributed by atoms with Gasteiger partial charge in [-0.15, -0.1) is 0 Å². The third kappa shape index (κ3) is 5.14. The van der Waals surface area contributed by atoms with Gasteiger partial charge >= 0.3 is 0 Å². The molecular formula is C30H28N4OS. The van der Waals surface area contributed by atoms with Crippen LogP contribution in [0.25, 0.3) is 16.7 Å². The van der Waals surface area contributed by atoms with Gasteiger partial charge in [0.25, 0.3) is 0 Å². The first-order chi connectivity index (χ1) is 17.6. The molecular weight excluding hydrogens is 464 g/mol. The van der Waals surface area contributed by atoms with Crippen LogP contribution in [0, 0.1) is 0 Å². The van der Waals surface area contributed by atoms with Crippen LogP contribution in [-0.2, 0) is 4.79 Å². The lowest BCUT2D eigenvalue weighted by Crippen LogP contribution is -2.25. The van der Waals surface area contributed by atoms with Crippen molar-refractivity contribution in [2.45, 2.75) is 25.0 Å². The zero-order valence-corrected chi connectivity index (χ0v) is 21.2. The molecule has 36 heavy (non-hydrogen) atoms. The van der Waals surface area contributed by atoms with Crippen molar-refractivity contribution in [3.05, 3.63) is 109 Å². The maximum atomic E-state index is 12.8. The molecule has 1 N–H and O–H groups in total. The Balaban J connectivity index is 1.29. The van der Waals surface area contributed by atoms with Crippen LogP contribution in [0.4, 0.5) is 17.1 Å². The van der Waals surface area contributed by atoms with Crippen molar-refractivity contribution < 1.29 is 4.79 Å². The predicted molar refractivity (Wildman–Crippen MR) is 151 cm³/mol. The van der Waals surface area contributed by atoms with Gasteiger partial charge in [-0.05, 0) is 74.5 Å². The number of rotatable bonds is 8. The molecule has 1 heterocycles. The first kappa shape index (κ1) is 23.7. The lowest BCUT2D eigenvalue weighted by atomic mass is 10.2. The summed E-state index contributed by atoms with van der Waals surface area (Å²) >= 11 is 1.44. The minimum atomic E-state index is -0.0665. The van der Waals surface area contributed by atoms with Gasteiger partial charge in [-0.3, -0.25) is 9.36 Å². The Bertz CT molecular complexity index is 1450. The van der Waals surface area contributed by atoms with Crippen LogP contribution >= 0.6 is 11.8 Å². The molecule has 0 aliphatic heterocycles. The molecule has 1 aromatic heterocycles. The minimum absolute atomic E-state index is 0.0665. The van der Waals surface area contributed by atoms with Gasteiger partial charge < -0.3 is 10.2 Å².